The van der Waals surface area contributed by atoms with E-state index < -0.39 is 6.17 Å². The third kappa shape index (κ3) is 2.82. The molecule has 0 aromatic carbocycles. The molecule has 1 atom stereocenters. The van der Waals surface area contributed by atoms with E-state index in [0.29, 0.717) is 19.1 Å². The zero-order chi connectivity index (χ0) is 8.81. The van der Waals surface area contributed by atoms with Crippen LogP contribution in [-0.2, 0) is 11.2 Å². The molecule has 0 aliphatic carbocycles. The van der Waals surface area contributed by atoms with Crippen molar-refractivity contribution in [3.63, 3.8) is 0 Å². The molecule has 0 saturated carbocycles. The van der Waals surface area contributed by atoms with Crippen molar-refractivity contribution < 1.29 is 9.18 Å². The highest BCUT2D eigenvalue weighted by Gasteiger charge is 2.03. The van der Waals surface area contributed by atoms with E-state index >= 15 is 0 Å². The first-order valence-corrected chi connectivity index (χ1v) is 3.90. The summed E-state index contributed by atoms with van der Waals surface area (Å²) >= 11 is 0. The molecule has 0 saturated heterocycles. The van der Waals surface area contributed by atoms with Crippen molar-refractivity contribution >= 4 is 6.29 Å². The third-order valence-corrected chi connectivity index (χ3v) is 1.60. The Morgan fingerprint density at radius 3 is 3.17 bits per heavy atom. The Hall–Kier alpha value is -1.19. The predicted octanol–water partition coefficient (Wildman–Crippen LogP) is 1.27. The summed E-state index contributed by atoms with van der Waals surface area (Å²) < 4.78 is 12.4. The number of aldehydes is 1. The van der Waals surface area contributed by atoms with E-state index in [4.69, 9.17) is 0 Å². The van der Waals surface area contributed by atoms with Crippen LogP contribution < -0.4 is 0 Å². The van der Waals surface area contributed by atoms with Gasteiger partial charge in [0.05, 0.1) is 0 Å². The standard InChI is InChI=1S/C8H11FN2O/c9-7(6-12)2-1-3-8-10-4-5-11-8/h4-7H,1-3H2,(H,10,11). The number of carbonyl (C=O) groups is 1. The number of hydrogen-bond donors (Lipinski definition) is 1. The van der Waals surface area contributed by atoms with Gasteiger partial charge in [0, 0.05) is 18.8 Å². The van der Waals surface area contributed by atoms with E-state index in [9.17, 15) is 9.18 Å². The van der Waals surface area contributed by atoms with E-state index in [2.05, 4.69) is 9.97 Å². The lowest BCUT2D eigenvalue weighted by Crippen LogP contribution is -2.01. The van der Waals surface area contributed by atoms with Gasteiger partial charge >= 0.3 is 0 Å². The molecule has 3 nitrogen and oxygen atoms in total. The average molecular weight is 170 g/mol. The topological polar surface area (TPSA) is 45.8 Å². The van der Waals surface area contributed by atoms with Crippen LogP contribution in [0, 0.1) is 0 Å². The molecule has 4 heteroatoms. The van der Waals surface area contributed by atoms with Crippen molar-refractivity contribution in [3.8, 4) is 0 Å². The van der Waals surface area contributed by atoms with E-state index in [1.807, 2.05) is 0 Å². The third-order valence-electron chi connectivity index (χ3n) is 1.60. The second kappa shape index (κ2) is 4.64. The molecule has 0 fully saturated rings. The molecule has 66 valence electrons. The largest absolute Gasteiger partial charge is 0.349 e. The van der Waals surface area contributed by atoms with Gasteiger partial charge in [-0.15, -0.1) is 0 Å². The summed E-state index contributed by atoms with van der Waals surface area (Å²) in [5.41, 5.74) is 0. The Morgan fingerprint density at radius 1 is 1.75 bits per heavy atom. The number of hydrogen-bond acceptors (Lipinski definition) is 2. The van der Waals surface area contributed by atoms with Gasteiger partial charge in [0.25, 0.3) is 0 Å². The van der Waals surface area contributed by atoms with E-state index in [0.717, 1.165) is 5.82 Å². The van der Waals surface area contributed by atoms with Gasteiger partial charge < -0.3 is 9.78 Å². The monoisotopic (exact) mass is 170 g/mol. The fraction of sp³-hybridized carbons (Fsp3) is 0.500. The number of H-pyrrole nitrogens is 1. The first kappa shape index (κ1) is 8.90. The maximum absolute atomic E-state index is 12.4. The van der Waals surface area contributed by atoms with Crippen molar-refractivity contribution in [2.45, 2.75) is 25.4 Å². The second-order valence-corrected chi connectivity index (χ2v) is 2.58. The summed E-state index contributed by atoms with van der Waals surface area (Å²) in [7, 11) is 0. The Kier molecular flexibility index (Phi) is 3.44. The van der Waals surface area contributed by atoms with Gasteiger partial charge in [0.15, 0.2) is 12.5 Å². The average Bonchev–Trinajstić information content (AvgIpc) is 2.57. The van der Waals surface area contributed by atoms with Gasteiger partial charge in [-0.05, 0) is 12.8 Å². The summed E-state index contributed by atoms with van der Waals surface area (Å²) in [6, 6.07) is 0. The van der Waals surface area contributed by atoms with Crippen LogP contribution in [0.3, 0.4) is 0 Å². The van der Waals surface area contributed by atoms with Crippen LogP contribution in [0.4, 0.5) is 4.39 Å². The van der Waals surface area contributed by atoms with Crippen LogP contribution in [0.15, 0.2) is 12.4 Å². The van der Waals surface area contributed by atoms with E-state index in [1.165, 1.54) is 0 Å². The number of nitrogens with zero attached hydrogens (tertiary/aromatic N) is 1. The van der Waals surface area contributed by atoms with Gasteiger partial charge in [-0.3, -0.25) is 0 Å². The smallest absolute Gasteiger partial charge is 0.155 e. The number of halogens is 1. The van der Waals surface area contributed by atoms with E-state index in [-0.39, 0.29) is 6.42 Å². The fourth-order valence-electron chi connectivity index (χ4n) is 0.967. The molecule has 12 heavy (non-hydrogen) atoms. The molecule has 1 heterocycles. The highest BCUT2D eigenvalue weighted by atomic mass is 19.1. The van der Waals surface area contributed by atoms with Gasteiger partial charge in [-0.1, -0.05) is 0 Å². The van der Waals surface area contributed by atoms with Gasteiger partial charge in [0.2, 0.25) is 0 Å². The van der Waals surface area contributed by atoms with Crippen molar-refractivity contribution in [2.75, 3.05) is 0 Å². The number of alkyl halides is 1. The van der Waals surface area contributed by atoms with Crippen LogP contribution in [0.5, 0.6) is 0 Å². The molecule has 1 aromatic heterocycles. The Labute approximate surface area is 70.0 Å². The van der Waals surface area contributed by atoms with Crippen molar-refractivity contribution in [2.24, 2.45) is 0 Å². The van der Waals surface area contributed by atoms with Crippen molar-refractivity contribution in [1.29, 1.82) is 0 Å². The number of rotatable bonds is 5. The molecule has 1 aromatic rings. The lowest BCUT2D eigenvalue weighted by Gasteiger charge is -1.97. The van der Waals surface area contributed by atoms with Gasteiger partial charge in [-0.25, -0.2) is 9.37 Å². The summed E-state index contributed by atoms with van der Waals surface area (Å²) in [5.74, 6) is 0.841. The first-order chi connectivity index (χ1) is 5.83. The summed E-state index contributed by atoms with van der Waals surface area (Å²) in [6.07, 6.45) is 4.02. The van der Waals surface area contributed by atoms with Crippen molar-refractivity contribution in [1.82, 2.24) is 9.97 Å². The maximum Gasteiger partial charge on any atom is 0.155 e. The number of aromatic nitrogens is 2. The van der Waals surface area contributed by atoms with Gasteiger partial charge in [-0.2, -0.15) is 0 Å². The number of imidazole rings is 1. The normalized spacial score (nSPS) is 12.8. The molecule has 0 aliphatic rings. The minimum Gasteiger partial charge on any atom is -0.349 e. The number of nitrogens with one attached hydrogen (secondary N) is 1. The fourth-order valence-corrected chi connectivity index (χ4v) is 0.967. The number of aryl methyl sites for hydroxylation is 1. The van der Waals surface area contributed by atoms with Gasteiger partial charge in [0.1, 0.15) is 5.82 Å². The highest BCUT2D eigenvalue weighted by molar-refractivity contribution is 5.55. The Bertz CT molecular complexity index is 223. The minimum absolute atomic E-state index is 0.282. The molecule has 0 bridgehead atoms. The molecule has 0 amide bonds. The number of carbonyl (C=O) groups excluding carboxylic acids is 1. The predicted molar refractivity (Wildman–Crippen MR) is 42.5 cm³/mol. The molecule has 1 N–H and O–H groups in total. The molecule has 0 aliphatic heterocycles. The summed E-state index contributed by atoms with van der Waals surface area (Å²) in [4.78, 5) is 16.8. The second-order valence-electron chi connectivity index (χ2n) is 2.58. The van der Waals surface area contributed by atoms with Crippen LogP contribution in [0.2, 0.25) is 0 Å². The minimum atomic E-state index is -1.32. The Balaban J connectivity index is 2.15. The number of aromatic amines is 1. The quantitative estimate of drug-likeness (QED) is 0.676. The summed E-state index contributed by atoms with van der Waals surface area (Å²) in [6.45, 7) is 0. The lowest BCUT2D eigenvalue weighted by atomic mass is 10.2. The van der Waals surface area contributed by atoms with Crippen LogP contribution >= 0.6 is 0 Å². The molecule has 1 rings (SSSR count). The van der Waals surface area contributed by atoms with Crippen LogP contribution in [0.25, 0.3) is 0 Å². The first-order valence-electron chi connectivity index (χ1n) is 3.90. The molecule has 0 spiro atoms. The zero-order valence-electron chi connectivity index (χ0n) is 6.66. The molecule has 1 unspecified atom stereocenters. The van der Waals surface area contributed by atoms with Crippen molar-refractivity contribution in [3.05, 3.63) is 18.2 Å². The molecular formula is C8H11FN2O. The Morgan fingerprint density at radius 2 is 2.58 bits per heavy atom. The lowest BCUT2D eigenvalue weighted by molar-refractivity contribution is -0.112. The van der Waals surface area contributed by atoms with Crippen LogP contribution in [-0.4, -0.2) is 22.4 Å². The molecular weight excluding hydrogens is 159 g/mol. The maximum atomic E-state index is 12.4. The SMILES string of the molecule is O=CC(F)CCCc1ncc[nH]1. The van der Waals surface area contributed by atoms with Crippen LogP contribution in [0.1, 0.15) is 18.7 Å². The summed E-state index contributed by atoms with van der Waals surface area (Å²) in [5, 5.41) is 0. The van der Waals surface area contributed by atoms with E-state index in [1.54, 1.807) is 12.4 Å². The zero-order valence-corrected chi connectivity index (χ0v) is 6.66. The molecule has 0 radical (unpaired) electrons. The highest BCUT2D eigenvalue weighted by Crippen LogP contribution is 2.03.